The van der Waals surface area contributed by atoms with Gasteiger partial charge in [0.05, 0.1) is 5.56 Å². The lowest BCUT2D eigenvalue weighted by Crippen LogP contribution is -2.21. The second kappa shape index (κ2) is 7.01. The lowest BCUT2D eigenvalue weighted by Gasteiger charge is -2.16. The Balaban J connectivity index is 1.66. The minimum absolute atomic E-state index is 0.112. The molecule has 0 fully saturated rings. The molecule has 0 aliphatic heterocycles. The second-order valence-electron chi connectivity index (χ2n) is 6.27. The van der Waals surface area contributed by atoms with Gasteiger partial charge < -0.3 is 9.15 Å². The fourth-order valence-corrected chi connectivity index (χ4v) is 3.65. The first-order valence-electron chi connectivity index (χ1n) is 8.18. The Hall–Kier alpha value is -2.12. The molecule has 1 aromatic carbocycles. The molecule has 0 amide bonds. The number of sulfonamides is 1. The minimum Gasteiger partial charge on any atom is -0.454 e. The van der Waals surface area contributed by atoms with Crippen LogP contribution in [0.25, 0.3) is 0 Å². The minimum atomic E-state index is -3.63. The van der Waals surface area contributed by atoms with Gasteiger partial charge in [0.15, 0.2) is 0 Å². The molecule has 0 N–H and O–H groups in total. The van der Waals surface area contributed by atoms with Crippen LogP contribution in [0.15, 0.2) is 39.8 Å². The maximum Gasteiger partial charge on any atom is 0.338 e. The predicted molar refractivity (Wildman–Crippen MR) is 91.8 cm³/mol. The molecule has 1 aromatic heterocycles. The predicted octanol–water partition coefficient (Wildman–Crippen LogP) is 2.77. The third-order valence-corrected chi connectivity index (χ3v) is 5.99. The Labute approximate surface area is 147 Å². The molecule has 1 aliphatic rings. The number of rotatable bonds is 5. The highest BCUT2D eigenvalue weighted by atomic mass is 32.2. The van der Waals surface area contributed by atoms with E-state index >= 15 is 0 Å². The number of ether oxygens (including phenoxy) is 1. The zero-order chi connectivity index (χ0) is 18.0. The highest BCUT2D eigenvalue weighted by Crippen LogP contribution is 2.23. The topological polar surface area (TPSA) is 76.8 Å². The van der Waals surface area contributed by atoms with Crippen LogP contribution in [-0.2, 0) is 34.2 Å². The van der Waals surface area contributed by atoms with Crippen LogP contribution in [0.1, 0.15) is 40.1 Å². The van der Waals surface area contributed by atoms with Gasteiger partial charge in [0.1, 0.15) is 12.4 Å². The fraction of sp³-hybridized carbons (Fsp3) is 0.389. The van der Waals surface area contributed by atoms with Crippen molar-refractivity contribution in [3.05, 3.63) is 52.8 Å². The van der Waals surface area contributed by atoms with Crippen molar-refractivity contribution in [1.29, 1.82) is 0 Å². The summed E-state index contributed by atoms with van der Waals surface area (Å²) in [6.45, 7) is -0.112. The molecule has 0 spiro atoms. The van der Waals surface area contributed by atoms with E-state index in [9.17, 15) is 13.2 Å². The highest BCUT2D eigenvalue weighted by Gasteiger charge is 2.22. The van der Waals surface area contributed by atoms with Crippen LogP contribution < -0.4 is 0 Å². The molecule has 0 atom stereocenters. The lowest BCUT2D eigenvalue weighted by atomic mass is 9.90. The van der Waals surface area contributed by atoms with Crippen molar-refractivity contribution in [3.63, 3.8) is 0 Å². The first-order chi connectivity index (χ1) is 11.9. The number of esters is 1. The molecule has 134 valence electrons. The quantitative estimate of drug-likeness (QED) is 0.764. The number of nitrogens with zero attached hydrogens (tertiary/aromatic N) is 1. The number of carbonyl (C=O) groups is 1. The van der Waals surface area contributed by atoms with Gasteiger partial charge in [0, 0.05) is 14.1 Å². The lowest BCUT2D eigenvalue weighted by molar-refractivity contribution is 0.0440. The van der Waals surface area contributed by atoms with Crippen LogP contribution in [0.2, 0.25) is 0 Å². The molecule has 0 bridgehead atoms. The molecule has 1 heterocycles. The summed E-state index contributed by atoms with van der Waals surface area (Å²) < 4.78 is 35.5. The number of furan rings is 1. The van der Waals surface area contributed by atoms with Crippen molar-refractivity contribution >= 4 is 16.0 Å². The van der Waals surface area contributed by atoms with Crippen molar-refractivity contribution in [2.75, 3.05) is 14.1 Å². The number of fused-ring (bicyclic) bond motifs is 1. The van der Waals surface area contributed by atoms with Gasteiger partial charge in [-0.2, -0.15) is 0 Å². The van der Waals surface area contributed by atoms with Crippen LogP contribution in [0.5, 0.6) is 0 Å². The average Bonchev–Trinajstić information content (AvgIpc) is 3.09. The molecule has 7 heteroatoms. The summed E-state index contributed by atoms with van der Waals surface area (Å²) >= 11 is 0. The summed E-state index contributed by atoms with van der Waals surface area (Å²) in [5, 5.41) is -0.169. The van der Waals surface area contributed by atoms with Gasteiger partial charge in [0.25, 0.3) is 10.0 Å². The standard InChI is InChI=1S/C18H21NO5S/c1-19(2)25(21,22)17-10-9-16(24-17)12-23-18(20)15-8-7-13-5-3-4-6-14(13)11-15/h7-11H,3-6,12H2,1-2H3. The number of hydrogen-bond donors (Lipinski definition) is 0. The maximum absolute atomic E-state index is 12.2. The summed E-state index contributed by atoms with van der Waals surface area (Å²) in [6.07, 6.45) is 4.37. The van der Waals surface area contributed by atoms with Crippen LogP contribution in [0, 0.1) is 0 Å². The zero-order valence-corrected chi connectivity index (χ0v) is 15.1. The Morgan fingerprint density at radius 3 is 2.56 bits per heavy atom. The highest BCUT2D eigenvalue weighted by molar-refractivity contribution is 7.88. The summed E-state index contributed by atoms with van der Waals surface area (Å²) in [5.74, 6) is -0.159. The van der Waals surface area contributed by atoms with E-state index in [2.05, 4.69) is 0 Å². The van der Waals surface area contributed by atoms with E-state index in [-0.39, 0.29) is 17.5 Å². The second-order valence-corrected chi connectivity index (χ2v) is 8.36. The van der Waals surface area contributed by atoms with Crippen molar-refractivity contribution in [3.8, 4) is 0 Å². The van der Waals surface area contributed by atoms with Crippen molar-refractivity contribution in [2.45, 2.75) is 37.4 Å². The van der Waals surface area contributed by atoms with Gasteiger partial charge in [-0.25, -0.2) is 17.5 Å². The third-order valence-electron chi connectivity index (χ3n) is 4.30. The van der Waals surface area contributed by atoms with Gasteiger partial charge >= 0.3 is 5.97 Å². The number of benzene rings is 1. The Morgan fingerprint density at radius 2 is 1.84 bits per heavy atom. The zero-order valence-electron chi connectivity index (χ0n) is 14.3. The van der Waals surface area contributed by atoms with Crippen LogP contribution in [0.4, 0.5) is 0 Å². The molecule has 2 aromatic rings. The van der Waals surface area contributed by atoms with Gasteiger partial charge in [-0.1, -0.05) is 6.07 Å². The number of carbonyl (C=O) groups excluding carboxylic acids is 1. The first kappa shape index (κ1) is 17.7. The van der Waals surface area contributed by atoms with E-state index in [1.165, 1.54) is 43.8 Å². The van der Waals surface area contributed by atoms with E-state index < -0.39 is 16.0 Å². The van der Waals surface area contributed by atoms with Crippen LogP contribution in [-0.4, -0.2) is 32.8 Å². The molecule has 1 aliphatic carbocycles. The third kappa shape index (κ3) is 3.77. The molecular weight excluding hydrogens is 342 g/mol. The Bertz CT molecular complexity index is 883. The molecule has 0 saturated carbocycles. The van der Waals surface area contributed by atoms with Crippen molar-refractivity contribution < 1.29 is 22.4 Å². The normalized spacial score (nSPS) is 14.4. The largest absolute Gasteiger partial charge is 0.454 e. The average molecular weight is 363 g/mol. The molecule has 0 saturated heterocycles. The fourth-order valence-electron chi connectivity index (χ4n) is 2.83. The van der Waals surface area contributed by atoms with E-state index in [1.807, 2.05) is 12.1 Å². The molecular formula is C18H21NO5S. The molecule has 25 heavy (non-hydrogen) atoms. The SMILES string of the molecule is CN(C)S(=O)(=O)c1ccc(COC(=O)c2ccc3c(c2)CCCC3)o1. The first-order valence-corrected chi connectivity index (χ1v) is 9.62. The van der Waals surface area contributed by atoms with Gasteiger partial charge in [-0.05, 0) is 61.1 Å². The Kier molecular flexibility index (Phi) is 4.96. The number of aryl methyl sites for hydroxylation is 2. The summed E-state index contributed by atoms with van der Waals surface area (Å²) in [4.78, 5) is 12.2. The van der Waals surface area contributed by atoms with E-state index in [0.717, 1.165) is 23.6 Å². The Morgan fingerprint density at radius 1 is 1.12 bits per heavy atom. The van der Waals surface area contributed by atoms with E-state index in [0.29, 0.717) is 5.56 Å². The monoisotopic (exact) mass is 363 g/mol. The molecule has 3 rings (SSSR count). The smallest absolute Gasteiger partial charge is 0.338 e. The summed E-state index contributed by atoms with van der Waals surface area (Å²) in [7, 11) is -0.782. The van der Waals surface area contributed by atoms with Crippen LogP contribution in [0.3, 0.4) is 0 Å². The van der Waals surface area contributed by atoms with Gasteiger partial charge in [0.2, 0.25) is 5.09 Å². The van der Waals surface area contributed by atoms with E-state index in [1.54, 1.807) is 6.07 Å². The van der Waals surface area contributed by atoms with Gasteiger partial charge in [-0.3, -0.25) is 0 Å². The molecule has 6 nitrogen and oxygen atoms in total. The number of hydrogen-bond acceptors (Lipinski definition) is 5. The molecule has 0 unspecified atom stereocenters. The van der Waals surface area contributed by atoms with Crippen LogP contribution >= 0.6 is 0 Å². The van der Waals surface area contributed by atoms with E-state index in [4.69, 9.17) is 9.15 Å². The van der Waals surface area contributed by atoms with Crippen molar-refractivity contribution in [1.82, 2.24) is 4.31 Å². The summed E-state index contributed by atoms with van der Waals surface area (Å²) in [6, 6.07) is 8.51. The maximum atomic E-state index is 12.2. The summed E-state index contributed by atoms with van der Waals surface area (Å²) in [5.41, 5.74) is 3.01. The molecule has 0 radical (unpaired) electrons. The van der Waals surface area contributed by atoms with Crippen molar-refractivity contribution in [2.24, 2.45) is 0 Å². The van der Waals surface area contributed by atoms with Gasteiger partial charge in [-0.15, -0.1) is 0 Å².